The molecule has 21 heavy (non-hydrogen) atoms. The molecule has 2 rings (SSSR count). The van der Waals surface area contributed by atoms with Gasteiger partial charge in [-0.1, -0.05) is 0 Å². The minimum atomic E-state index is -3.48. The van der Waals surface area contributed by atoms with Crippen LogP contribution in [0.15, 0.2) is 23.1 Å². The van der Waals surface area contributed by atoms with E-state index in [9.17, 15) is 17.6 Å². The number of hydrogen-bond acceptors (Lipinski definition) is 4. The van der Waals surface area contributed by atoms with E-state index in [2.05, 4.69) is 15.5 Å². The number of H-pyrrole nitrogens is 1. The van der Waals surface area contributed by atoms with Gasteiger partial charge in [-0.3, -0.25) is 9.89 Å². The van der Waals surface area contributed by atoms with Crippen LogP contribution in [0.2, 0.25) is 0 Å². The number of aromatic nitrogens is 2. The molecule has 0 atom stereocenters. The Morgan fingerprint density at radius 3 is 2.52 bits per heavy atom. The summed E-state index contributed by atoms with van der Waals surface area (Å²) < 4.78 is 36.7. The van der Waals surface area contributed by atoms with E-state index in [4.69, 9.17) is 0 Å². The van der Waals surface area contributed by atoms with Crippen LogP contribution in [0.5, 0.6) is 0 Å². The summed E-state index contributed by atoms with van der Waals surface area (Å²) in [5.41, 5.74) is 1.14. The van der Waals surface area contributed by atoms with Crippen molar-refractivity contribution >= 4 is 21.4 Å². The van der Waals surface area contributed by atoms with E-state index in [-0.39, 0.29) is 10.6 Å². The van der Waals surface area contributed by atoms with E-state index in [0.29, 0.717) is 17.0 Å². The molecule has 1 heterocycles. The molecule has 1 amide bonds. The maximum atomic E-state index is 13.7. The number of carbonyl (C=O) groups excluding carboxylic acids is 1. The Kier molecular flexibility index (Phi) is 3.82. The number of benzene rings is 1. The lowest BCUT2D eigenvalue weighted by molar-refractivity contribution is 0.102. The van der Waals surface area contributed by atoms with Gasteiger partial charge in [0, 0.05) is 11.9 Å². The van der Waals surface area contributed by atoms with Crippen molar-refractivity contribution in [2.75, 3.05) is 11.6 Å². The summed E-state index contributed by atoms with van der Waals surface area (Å²) in [4.78, 5) is 12.1. The first kappa shape index (κ1) is 15.2. The second kappa shape index (κ2) is 5.28. The Morgan fingerprint density at radius 1 is 1.33 bits per heavy atom. The molecule has 0 aliphatic carbocycles. The Hall–Kier alpha value is -2.22. The van der Waals surface area contributed by atoms with Crippen molar-refractivity contribution < 1.29 is 17.6 Å². The highest BCUT2D eigenvalue weighted by atomic mass is 32.2. The van der Waals surface area contributed by atoms with Gasteiger partial charge in [0.15, 0.2) is 9.84 Å². The second-order valence-electron chi connectivity index (χ2n) is 4.68. The summed E-state index contributed by atoms with van der Waals surface area (Å²) >= 11 is 0. The molecule has 2 aromatic rings. The number of aromatic amines is 1. The Bertz CT molecular complexity index is 793. The number of hydrogen-bond donors (Lipinski definition) is 2. The van der Waals surface area contributed by atoms with Gasteiger partial charge < -0.3 is 5.32 Å². The summed E-state index contributed by atoms with van der Waals surface area (Å²) in [5, 5.41) is 8.90. The standard InChI is InChI=1S/C13H14FN3O3S/c1-7-12(8(2)17-16-7)13(18)15-11-6-9(21(3,19)20)4-5-10(11)14/h4-6H,1-3H3,(H,15,18)(H,16,17). The molecule has 1 aromatic heterocycles. The van der Waals surface area contributed by atoms with Crippen LogP contribution in [0, 0.1) is 19.7 Å². The molecule has 1 aromatic carbocycles. The molecule has 8 heteroatoms. The SMILES string of the molecule is Cc1n[nH]c(C)c1C(=O)Nc1cc(S(C)(=O)=O)ccc1F. The van der Waals surface area contributed by atoms with Crippen molar-refractivity contribution in [3.63, 3.8) is 0 Å². The quantitative estimate of drug-likeness (QED) is 0.846. The smallest absolute Gasteiger partial charge is 0.259 e. The van der Waals surface area contributed by atoms with Crippen LogP contribution in [0.1, 0.15) is 21.7 Å². The molecular formula is C13H14FN3O3S. The third kappa shape index (κ3) is 3.10. The summed E-state index contributed by atoms with van der Waals surface area (Å²) in [6.45, 7) is 3.31. The van der Waals surface area contributed by atoms with E-state index >= 15 is 0 Å². The predicted molar refractivity (Wildman–Crippen MR) is 75.5 cm³/mol. The first-order valence-corrected chi connectivity index (χ1v) is 7.92. The molecule has 0 aliphatic heterocycles. The lowest BCUT2D eigenvalue weighted by atomic mass is 10.2. The van der Waals surface area contributed by atoms with Gasteiger partial charge in [0.05, 0.1) is 21.8 Å². The molecule has 0 spiro atoms. The van der Waals surface area contributed by atoms with E-state index in [0.717, 1.165) is 24.5 Å². The largest absolute Gasteiger partial charge is 0.319 e. The minimum absolute atomic E-state index is 0.0696. The highest BCUT2D eigenvalue weighted by molar-refractivity contribution is 7.90. The van der Waals surface area contributed by atoms with Crippen LogP contribution in [0.4, 0.5) is 10.1 Å². The maximum Gasteiger partial charge on any atom is 0.259 e. The van der Waals surface area contributed by atoms with Gasteiger partial charge in [0.25, 0.3) is 5.91 Å². The fraction of sp³-hybridized carbons (Fsp3) is 0.231. The van der Waals surface area contributed by atoms with Crippen LogP contribution < -0.4 is 5.32 Å². The molecule has 2 N–H and O–H groups in total. The average Bonchev–Trinajstić information content (AvgIpc) is 2.70. The van der Waals surface area contributed by atoms with Crippen LogP contribution in [-0.4, -0.2) is 30.8 Å². The zero-order chi connectivity index (χ0) is 15.8. The van der Waals surface area contributed by atoms with Crippen molar-refractivity contribution in [1.82, 2.24) is 10.2 Å². The third-order valence-electron chi connectivity index (χ3n) is 2.97. The van der Waals surface area contributed by atoms with Gasteiger partial charge in [-0.25, -0.2) is 12.8 Å². The highest BCUT2D eigenvalue weighted by Gasteiger charge is 2.18. The molecular weight excluding hydrogens is 297 g/mol. The third-order valence-corrected chi connectivity index (χ3v) is 4.08. The first-order valence-electron chi connectivity index (χ1n) is 6.02. The Labute approximate surface area is 121 Å². The number of aryl methyl sites for hydroxylation is 2. The first-order chi connectivity index (χ1) is 9.70. The molecule has 0 radical (unpaired) electrons. The molecule has 6 nitrogen and oxygen atoms in total. The van der Waals surface area contributed by atoms with E-state index in [1.54, 1.807) is 13.8 Å². The van der Waals surface area contributed by atoms with Gasteiger partial charge in [-0.05, 0) is 32.0 Å². The van der Waals surface area contributed by atoms with Crippen molar-refractivity contribution in [2.24, 2.45) is 0 Å². The Balaban J connectivity index is 2.38. The molecule has 0 saturated carbocycles. The number of carbonyl (C=O) groups is 1. The predicted octanol–water partition coefficient (Wildman–Crippen LogP) is 1.82. The van der Waals surface area contributed by atoms with Crippen molar-refractivity contribution in [3.8, 4) is 0 Å². The lowest BCUT2D eigenvalue weighted by Crippen LogP contribution is -2.15. The zero-order valence-corrected chi connectivity index (χ0v) is 12.5. The number of rotatable bonds is 3. The van der Waals surface area contributed by atoms with Crippen LogP contribution in [-0.2, 0) is 9.84 Å². The van der Waals surface area contributed by atoms with E-state index in [1.165, 1.54) is 0 Å². The minimum Gasteiger partial charge on any atom is -0.319 e. The summed E-state index contributed by atoms with van der Waals surface area (Å²) in [6.07, 6.45) is 1.01. The summed E-state index contributed by atoms with van der Waals surface area (Å²) in [6, 6.07) is 3.24. The maximum absolute atomic E-state index is 13.7. The van der Waals surface area contributed by atoms with Gasteiger partial charge >= 0.3 is 0 Å². The molecule has 0 bridgehead atoms. The Morgan fingerprint density at radius 2 is 2.00 bits per heavy atom. The molecule has 0 saturated heterocycles. The monoisotopic (exact) mass is 311 g/mol. The molecule has 0 unspecified atom stereocenters. The van der Waals surface area contributed by atoms with Gasteiger partial charge in [-0.15, -0.1) is 0 Å². The number of halogens is 1. The normalized spacial score (nSPS) is 11.4. The van der Waals surface area contributed by atoms with Gasteiger partial charge in [0.1, 0.15) is 5.82 Å². The zero-order valence-electron chi connectivity index (χ0n) is 11.7. The highest BCUT2D eigenvalue weighted by Crippen LogP contribution is 2.21. The van der Waals surface area contributed by atoms with Crippen molar-refractivity contribution in [2.45, 2.75) is 18.7 Å². The topological polar surface area (TPSA) is 91.9 Å². The number of amides is 1. The van der Waals surface area contributed by atoms with Crippen LogP contribution in [0.25, 0.3) is 0 Å². The van der Waals surface area contributed by atoms with E-state index in [1.807, 2.05) is 0 Å². The molecule has 112 valence electrons. The number of nitrogens with one attached hydrogen (secondary N) is 2. The fourth-order valence-corrected chi connectivity index (χ4v) is 2.55. The number of sulfone groups is 1. The lowest BCUT2D eigenvalue weighted by Gasteiger charge is -2.08. The van der Waals surface area contributed by atoms with Crippen molar-refractivity contribution in [1.29, 1.82) is 0 Å². The van der Waals surface area contributed by atoms with Crippen molar-refractivity contribution in [3.05, 3.63) is 41.0 Å². The fourth-order valence-electron chi connectivity index (χ4n) is 1.90. The van der Waals surface area contributed by atoms with E-state index < -0.39 is 21.6 Å². The number of nitrogens with zero attached hydrogens (tertiary/aromatic N) is 1. The molecule has 0 aliphatic rings. The second-order valence-corrected chi connectivity index (χ2v) is 6.69. The molecule has 0 fully saturated rings. The van der Waals surface area contributed by atoms with Crippen LogP contribution >= 0.6 is 0 Å². The number of anilines is 1. The van der Waals surface area contributed by atoms with Crippen LogP contribution in [0.3, 0.4) is 0 Å². The average molecular weight is 311 g/mol. The summed E-state index contributed by atoms with van der Waals surface area (Å²) in [5.74, 6) is -1.27. The summed E-state index contributed by atoms with van der Waals surface area (Å²) in [7, 11) is -3.48. The van der Waals surface area contributed by atoms with Gasteiger partial charge in [-0.2, -0.15) is 5.10 Å². The van der Waals surface area contributed by atoms with Gasteiger partial charge in [0.2, 0.25) is 0 Å².